The molecule has 0 bridgehead atoms. The summed E-state index contributed by atoms with van der Waals surface area (Å²) in [5, 5.41) is 8.35. The molecule has 58 valence electrons. The van der Waals surface area contributed by atoms with Gasteiger partial charge in [0.2, 0.25) is 0 Å². The van der Waals surface area contributed by atoms with Gasteiger partial charge in [-0.1, -0.05) is 6.58 Å². The van der Waals surface area contributed by atoms with Crippen molar-refractivity contribution in [3.05, 3.63) is 12.2 Å². The molecule has 0 rings (SSSR count). The zero-order chi connectivity index (χ0) is 9.02. The zero-order valence-electron chi connectivity index (χ0n) is 6.55. The van der Waals surface area contributed by atoms with E-state index in [9.17, 15) is 9.59 Å². The van der Waals surface area contributed by atoms with Crippen molar-refractivity contribution in [3.63, 3.8) is 0 Å². The molecule has 0 atom stereocenters. The van der Waals surface area contributed by atoms with Crippen LogP contribution >= 0.6 is 0 Å². The Morgan fingerprint density at radius 3 is 1.82 bits per heavy atom. The molecular weight excluding hydrogens is 142 g/mol. The Morgan fingerprint density at radius 2 is 1.73 bits per heavy atom. The summed E-state index contributed by atoms with van der Waals surface area (Å²) in [5.41, 5.74) is 0.0185. The summed E-state index contributed by atoms with van der Waals surface area (Å²) in [5.74, 6) is -1.59. The molecule has 0 saturated heterocycles. The van der Waals surface area contributed by atoms with E-state index in [1.54, 1.807) is 6.07 Å². The first-order valence-corrected chi connectivity index (χ1v) is 3.10. The van der Waals surface area contributed by atoms with Gasteiger partial charge in [-0.15, -0.1) is 0 Å². The maximum absolute atomic E-state index is 10.8. The topological polar surface area (TPSA) is 57.9 Å². The Balaban J connectivity index is 4.65. The van der Waals surface area contributed by atoms with Crippen molar-refractivity contribution in [2.45, 2.75) is 13.8 Å². The number of hydrogen-bond donors (Lipinski definition) is 0. The molecule has 3 nitrogen and oxygen atoms in total. The Morgan fingerprint density at radius 1 is 1.36 bits per heavy atom. The van der Waals surface area contributed by atoms with E-state index in [2.05, 4.69) is 6.58 Å². The van der Waals surface area contributed by atoms with Crippen LogP contribution in [0.5, 0.6) is 0 Å². The van der Waals surface area contributed by atoms with Crippen LogP contribution in [0, 0.1) is 17.2 Å². The van der Waals surface area contributed by atoms with Crippen molar-refractivity contribution in [2.75, 3.05) is 0 Å². The molecule has 0 amide bonds. The van der Waals surface area contributed by atoms with Crippen molar-refractivity contribution in [2.24, 2.45) is 5.92 Å². The Bertz CT molecular complexity index is 233. The average Bonchev–Trinajstić information content (AvgIpc) is 1.85. The third kappa shape index (κ3) is 2.34. The van der Waals surface area contributed by atoms with Gasteiger partial charge in [0.25, 0.3) is 0 Å². The van der Waals surface area contributed by atoms with Gasteiger partial charge in [-0.05, 0) is 13.8 Å². The number of carbonyl (C=O) groups excluding carboxylic acids is 2. The van der Waals surface area contributed by atoms with E-state index in [4.69, 9.17) is 5.26 Å². The molecule has 0 fully saturated rings. The molecular formula is C8H9NO2. The third-order valence-electron chi connectivity index (χ3n) is 1.31. The SMILES string of the molecule is C=C(C#N)C(C(C)=O)C(C)=O. The maximum Gasteiger partial charge on any atom is 0.145 e. The fourth-order valence-corrected chi connectivity index (χ4v) is 0.842. The van der Waals surface area contributed by atoms with Gasteiger partial charge in [0.05, 0.1) is 6.07 Å². The zero-order valence-corrected chi connectivity index (χ0v) is 6.55. The second kappa shape index (κ2) is 3.67. The molecule has 0 spiro atoms. The van der Waals surface area contributed by atoms with Crippen molar-refractivity contribution in [3.8, 4) is 6.07 Å². The van der Waals surface area contributed by atoms with E-state index in [0.717, 1.165) is 0 Å². The lowest BCUT2D eigenvalue weighted by Crippen LogP contribution is -2.20. The molecule has 0 saturated carbocycles. The summed E-state index contributed by atoms with van der Waals surface area (Å²) in [6.07, 6.45) is 0. The number of Topliss-reactive ketones (excluding diaryl/α,β-unsaturated/α-hetero) is 2. The van der Waals surface area contributed by atoms with Crippen molar-refractivity contribution in [1.82, 2.24) is 0 Å². The Hall–Kier alpha value is -1.43. The minimum Gasteiger partial charge on any atom is -0.299 e. The predicted octanol–water partition coefficient (Wildman–Crippen LogP) is 0.860. The molecule has 0 aliphatic rings. The molecule has 0 aliphatic carbocycles. The van der Waals surface area contributed by atoms with Crippen LogP contribution in [-0.2, 0) is 9.59 Å². The highest BCUT2D eigenvalue weighted by Crippen LogP contribution is 2.09. The van der Waals surface area contributed by atoms with E-state index >= 15 is 0 Å². The van der Waals surface area contributed by atoms with Gasteiger partial charge in [-0.3, -0.25) is 9.59 Å². The number of nitrogens with zero attached hydrogens (tertiary/aromatic N) is 1. The summed E-state index contributed by atoms with van der Waals surface area (Å²) in [7, 11) is 0. The van der Waals surface area contributed by atoms with E-state index in [1.165, 1.54) is 13.8 Å². The highest BCUT2D eigenvalue weighted by atomic mass is 16.1. The molecule has 0 unspecified atom stereocenters. The lowest BCUT2D eigenvalue weighted by Gasteiger charge is -2.05. The molecule has 0 aromatic carbocycles. The van der Waals surface area contributed by atoms with Gasteiger partial charge in [-0.2, -0.15) is 5.26 Å². The number of ketones is 2. The van der Waals surface area contributed by atoms with Crippen LogP contribution in [0.2, 0.25) is 0 Å². The standard InChI is InChI=1S/C8H9NO2/c1-5(4-9)8(6(2)10)7(3)11/h8H,1H2,2-3H3. The molecule has 3 heteroatoms. The summed E-state index contributed by atoms with van der Waals surface area (Å²) >= 11 is 0. The molecule has 0 aromatic rings. The predicted molar refractivity (Wildman–Crippen MR) is 39.6 cm³/mol. The highest BCUT2D eigenvalue weighted by Gasteiger charge is 2.22. The third-order valence-corrected chi connectivity index (χ3v) is 1.31. The second-order valence-corrected chi connectivity index (χ2v) is 2.29. The second-order valence-electron chi connectivity index (χ2n) is 2.29. The molecule has 0 N–H and O–H groups in total. The van der Waals surface area contributed by atoms with Gasteiger partial charge in [-0.25, -0.2) is 0 Å². The fraction of sp³-hybridized carbons (Fsp3) is 0.375. The minimum absolute atomic E-state index is 0.0185. The molecule has 0 aromatic heterocycles. The first-order valence-electron chi connectivity index (χ1n) is 3.10. The fourth-order valence-electron chi connectivity index (χ4n) is 0.842. The monoisotopic (exact) mass is 151 g/mol. The highest BCUT2D eigenvalue weighted by molar-refractivity contribution is 6.03. The summed E-state index contributed by atoms with van der Waals surface area (Å²) in [4.78, 5) is 21.5. The van der Waals surface area contributed by atoms with Crippen LogP contribution in [0.4, 0.5) is 0 Å². The van der Waals surface area contributed by atoms with Crippen molar-refractivity contribution >= 4 is 11.6 Å². The summed E-state index contributed by atoms with van der Waals surface area (Å²) < 4.78 is 0. The summed E-state index contributed by atoms with van der Waals surface area (Å²) in [6, 6.07) is 1.69. The number of allylic oxidation sites excluding steroid dienone is 1. The van der Waals surface area contributed by atoms with E-state index in [-0.39, 0.29) is 17.1 Å². The first-order chi connectivity index (χ1) is 5.00. The van der Waals surface area contributed by atoms with E-state index in [0.29, 0.717) is 0 Å². The number of carbonyl (C=O) groups is 2. The average molecular weight is 151 g/mol. The maximum atomic E-state index is 10.8. The lowest BCUT2D eigenvalue weighted by molar-refractivity contribution is -0.128. The van der Waals surface area contributed by atoms with Crippen LogP contribution in [0.3, 0.4) is 0 Å². The van der Waals surface area contributed by atoms with E-state index in [1.807, 2.05) is 0 Å². The van der Waals surface area contributed by atoms with Gasteiger partial charge in [0, 0.05) is 5.57 Å². The largest absolute Gasteiger partial charge is 0.299 e. The van der Waals surface area contributed by atoms with E-state index < -0.39 is 5.92 Å². The van der Waals surface area contributed by atoms with Crippen molar-refractivity contribution in [1.29, 1.82) is 5.26 Å². The number of rotatable bonds is 3. The van der Waals surface area contributed by atoms with Gasteiger partial charge in [0.15, 0.2) is 0 Å². The molecule has 0 radical (unpaired) electrons. The molecule has 0 aliphatic heterocycles. The van der Waals surface area contributed by atoms with Gasteiger partial charge >= 0.3 is 0 Å². The van der Waals surface area contributed by atoms with Crippen LogP contribution < -0.4 is 0 Å². The first kappa shape index (κ1) is 9.57. The smallest absolute Gasteiger partial charge is 0.145 e. The molecule has 0 heterocycles. The Labute approximate surface area is 65.3 Å². The number of hydrogen-bond acceptors (Lipinski definition) is 3. The minimum atomic E-state index is -0.931. The number of nitriles is 1. The summed E-state index contributed by atoms with van der Waals surface area (Å²) in [6.45, 7) is 5.86. The normalized spacial score (nSPS) is 8.91. The van der Waals surface area contributed by atoms with Gasteiger partial charge in [0.1, 0.15) is 17.5 Å². The van der Waals surface area contributed by atoms with Crippen LogP contribution in [0.1, 0.15) is 13.8 Å². The lowest BCUT2D eigenvalue weighted by atomic mass is 9.94. The van der Waals surface area contributed by atoms with Crippen LogP contribution in [-0.4, -0.2) is 11.6 Å². The Kier molecular flexibility index (Phi) is 3.19. The van der Waals surface area contributed by atoms with Crippen molar-refractivity contribution < 1.29 is 9.59 Å². The quantitative estimate of drug-likeness (QED) is 0.444. The van der Waals surface area contributed by atoms with Crippen LogP contribution in [0.25, 0.3) is 0 Å². The molecule has 11 heavy (non-hydrogen) atoms. The van der Waals surface area contributed by atoms with Crippen LogP contribution in [0.15, 0.2) is 12.2 Å². The van der Waals surface area contributed by atoms with Gasteiger partial charge < -0.3 is 0 Å².